The van der Waals surface area contributed by atoms with Crippen molar-refractivity contribution in [1.29, 1.82) is 0 Å². The summed E-state index contributed by atoms with van der Waals surface area (Å²) in [6, 6.07) is 8.15. The predicted molar refractivity (Wildman–Crippen MR) is 77.5 cm³/mol. The van der Waals surface area contributed by atoms with Gasteiger partial charge in [0.15, 0.2) is 0 Å². The van der Waals surface area contributed by atoms with E-state index in [9.17, 15) is 4.39 Å². The molecule has 1 saturated heterocycles. The molecule has 0 bridgehead atoms. The first kappa shape index (κ1) is 14.5. The molecule has 1 aliphatic heterocycles. The fourth-order valence-electron chi connectivity index (χ4n) is 2.86. The SMILES string of the molecule is CCC1CN(Cc2ccccc2F)C(C(C)C)CN1. The molecule has 2 rings (SSSR count). The van der Waals surface area contributed by atoms with Crippen LogP contribution in [0.5, 0.6) is 0 Å². The molecule has 19 heavy (non-hydrogen) atoms. The first-order valence-corrected chi connectivity index (χ1v) is 7.32. The van der Waals surface area contributed by atoms with Crippen molar-refractivity contribution in [2.45, 2.75) is 45.8 Å². The molecule has 0 radical (unpaired) electrons. The van der Waals surface area contributed by atoms with Crippen LogP contribution in [-0.2, 0) is 6.54 Å². The Morgan fingerprint density at radius 3 is 2.74 bits per heavy atom. The fourth-order valence-corrected chi connectivity index (χ4v) is 2.86. The molecule has 3 heteroatoms. The van der Waals surface area contributed by atoms with Crippen molar-refractivity contribution in [3.8, 4) is 0 Å². The molecule has 1 heterocycles. The van der Waals surface area contributed by atoms with E-state index in [4.69, 9.17) is 0 Å². The maximum absolute atomic E-state index is 13.8. The molecule has 1 aromatic rings. The molecular weight excluding hydrogens is 239 g/mol. The molecule has 1 aromatic carbocycles. The highest BCUT2D eigenvalue weighted by atomic mass is 19.1. The Bertz CT molecular complexity index is 405. The Hall–Kier alpha value is -0.930. The standard InChI is InChI=1S/C16H25FN2/c1-4-14-11-19(16(9-18-14)12(2)3)10-13-7-5-6-8-15(13)17/h5-8,12,14,16,18H,4,9-11H2,1-3H3. The summed E-state index contributed by atoms with van der Waals surface area (Å²) in [7, 11) is 0. The Labute approximate surface area is 116 Å². The predicted octanol–water partition coefficient (Wildman–Crippen LogP) is 3.03. The molecule has 0 aromatic heterocycles. The summed E-state index contributed by atoms with van der Waals surface area (Å²) < 4.78 is 13.8. The zero-order valence-electron chi connectivity index (χ0n) is 12.2. The molecule has 106 valence electrons. The van der Waals surface area contributed by atoms with Gasteiger partial charge in [-0.1, -0.05) is 39.0 Å². The van der Waals surface area contributed by atoms with Crippen LogP contribution in [0.2, 0.25) is 0 Å². The minimum atomic E-state index is -0.0865. The molecule has 2 nitrogen and oxygen atoms in total. The molecule has 0 saturated carbocycles. The smallest absolute Gasteiger partial charge is 0.127 e. The lowest BCUT2D eigenvalue weighted by Gasteiger charge is -2.42. The van der Waals surface area contributed by atoms with Gasteiger partial charge in [0.25, 0.3) is 0 Å². The van der Waals surface area contributed by atoms with Gasteiger partial charge >= 0.3 is 0 Å². The lowest BCUT2D eigenvalue weighted by Crippen LogP contribution is -2.57. The number of rotatable bonds is 4. The minimum Gasteiger partial charge on any atom is -0.311 e. The summed E-state index contributed by atoms with van der Waals surface area (Å²) >= 11 is 0. The molecular formula is C16H25FN2. The van der Waals surface area contributed by atoms with Crippen LogP contribution in [0.3, 0.4) is 0 Å². The summed E-state index contributed by atoms with van der Waals surface area (Å²) in [4.78, 5) is 2.44. The minimum absolute atomic E-state index is 0.0865. The number of nitrogens with one attached hydrogen (secondary N) is 1. The number of benzene rings is 1. The number of hydrogen-bond acceptors (Lipinski definition) is 2. The van der Waals surface area contributed by atoms with E-state index in [0.717, 1.165) is 25.1 Å². The monoisotopic (exact) mass is 264 g/mol. The van der Waals surface area contributed by atoms with Gasteiger partial charge in [-0.25, -0.2) is 4.39 Å². The molecule has 1 N–H and O–H groups in total. The third-order valence-corrected chi connectivity index (χ3v) is 4.13. The Morgan fingerprint density at radius 2 is 2.11 bits per heavy atom. The van der Waals surface area contributed by atoms with E-state index in [1.165, 1.54) is 0 Å². The zero-order chi connectivity index (χ0) is 13.8. The summed E-state index contributed by atoms with van der Waals surface area (Å²) in [5.41, 5.74) is 0.810. The highest BCUT2D eigenvalue weighted by molar-refractivity contribution is 5.17. The maximum Gasteiger partial charge on any atom is 0.127 e. The summed E-state index contributed by atoms with van der Waals surface area (Å²) in [5, 5.41) is 3.60. The highest BCUT2D eigenvalue weighted by Gasteiger charge is 2.29. The Balaban J connectivity index is 2.11. The van der Waals surface area contributed by atoms with Crippen LogP contribution in [0.25, 0.3) is 0 Å². The summed E-state index contributed by atoms with van der Waals surface area (Å²) in [5.74, 6) is 0.494. The van der Waals surface area contributed by atoms with Gasteiger partial charge in [-0.3, -0.25) is 4.90 Å². The van der Waals surface area contributed by atoms with Crippen molar-refractivity contribution in [2.24, 2.45) is 5.92 Å². The van der Waals surface area contributed by atoms with Crippen molar-refractivity contribution < 1.29 is 4.39 Å². The summed E-state index contributed by atoms with van der Waals surface area (Å²) in [6.07, 6.45) is 1.12. The van der Waals surface area contributed by atoms with E-state index in [1.54, 1.807) is 12.1 Å². The average molecular weight is 264 g/mol. The largest absolute Gasteiger partial charge is 0.311 e. The number of nitrogens with zero attached hydrogens (tertiary/aromatic N) is 1. The van der Waals surface area contributed by atoms with Crippen LogP contribution in [0.4, 0.5) is 4.39 Å². The molecule has 2 atom stereocenters. The molecule has 1 aliphatic rings. The van der Waals surface area contributed by atoms with Crippen LogP contribution in [0, 0.1) is 11.7 Å². The zero-order valence-corrected chi connectivity index (χ0v) is 12.2. The van der Waals surface area contributed by atoms with Crippen molar-refractivity contribution in [3.63, 3.8) is 0 Å². The first-order valence-electron chi connectivity index (χ1n) is 7.32. The first-order chi connectivity index (χ1) is 9.11. The molecule has 0 aliphatic carbocycles. The third kappa shape index (κ3) is 3.54. The van der Waals surface area contributed by atoms with Gasteiger partial charge in [-0.2, -0.15) is 0 Å². The second-order valence-electron chi connectivity index (χ2n) is 5.85. The molecule has 1 fully saturated rings. The second-order valence-corrected chi connectivity index (χ2v) is 5.85. The highest BCUT2D eigenvalue weighted by Crippen LogP contribution is 2.20. The fraction of sp³-hybridized carbons (Fsp3) is 0.625. The van der Waals surface area contributed by atoms with E-state index >= 15 is 0 Å². The van der Waals surface area contributed by atoms with Gasteiger partial charge in [-0.15, -0.1) is 0 Å². The van der Waals surface area contributed by atoms with Crippen molar-refractivity contribution >= 4 is 0 Å². The number of halogens is 1. The summed E-state index contributed by atoms with van der Waals surface area (Å²) in [6.45, 7) is 9.42. The Kier molecular flexibility index (Phi) is 4.94. The van der Waals surface area contributed by atoms with E-state index in [-0.39, 0.29) is 5.82 Å². The average Bonchev–Trinajstić information content (AvgIpc) is 2.41. The van der Waals surface area contributed by atoms with Crippen molar-refractivity contribution in [1.82, 2.24) is 10.2 Å². The van der Waals surface area contributed by atoms with Gasteiger partial charge < -0.3 is 5.32 Å². The van der Waals surface area contributed by atoms with Crippen LogP contribution >= 0.6 is 0 Å². The second kappa shape index (κ2) is 6.49. The third-order valence-electron chi connectivity index (χ3n) is 4.13. The van der Waals surface area contributed by atoms with E-state index in [1.807, 2.05) is 12.1 Å². The van der Waals surface area contributed by atoms with Gasteiger partial charge in [0, 0.05) is 37.3 Å². The lowest BCUT2D eigenvalue weighted by atomic mass is 9.97. The maximum atomic E-state index is 13.8. The van der Waals surface area contributed by atoms with Gasteiger partial charge in [-0.05, 0) is 18.4 Å². The molecule has 0 amide bonds. The van der Waals surface area contributed by atoms with Gasteiger partial charge in [0.05, 0.1) is 0 Å². The normalized spacial score (nSPS) is 24.9. The van der Waals surface area contributed by atoms with Crippen LogP contribution < -0.4 is 5.32 Å². The van der Waals surface area contributed by atoms with Crippen molar-refractivity contribution in [2.75, 3.05) is 13.1 Å². The Morgan fingerprint density at radius 1 is 1.37 bits per heavy atom. The topological polar surface area (TPSA) is 15.3 Å². The lowest BCUT2D eigenvalue weighted by molar-refractivity contribution is 0.0889. The van der Waals surface area contributed by atoms with Gasteiger partial charge in [0.2, 0.25) is 0 Å². The van der Waals surface area contributed by atoms with E-state index in [2.05, 4.69) is 31.0 Å². The number of piperazine rings is 1. The van der Waals surface area contributed by atoms with Crippen LogP contribution in [-0.4, -0.2) is 30.1 Å². The molecule has 2 unspecified atom stereocenters. The van der Waals surface area contributed by atoms with E-state index in [0.29, 0.717) is 24.5 Å². The number of hydrogen-bond donors (Lipinski definition) is 1. The van der Waals surface area contributed by atoms with E-state index < -0.39 is 0 Å². The van der Waals surface area contributed by atoms with Crippen molar-refractivity contribution in [3.05, 3.63) is 35.6 Å². The van der Waals surface area contributed by atoms with Gasteiger partial charge in [0.1, 0.15) is 5.82 Å². The van der Waals surface area contributed by atoms with Crippen LogP contribution in [0.1, 0.15) is 32.8 Å². The quantitative estimate of drug-likeness (QED) is 0.899. The van der Waals surface area contributed by atoms with Crippen LogP contribution in [0.15, 0.2) is 24.3 Å². The molecule has 0 spiro atoms.